The highest BCUT2D eigenvalue weighted by Crippen LogP contribution is 2.29. The van der Waals surface area contributed by atoms with E-state index in [0.29, 0.717) is 12.6 Å². The van der Waals surface area contributed by atoms with E-state index in [4.69, 9.17) is 5.73 Å². The lowest BCUT2D eigenvalue weighted by molar-refractivity contribution is 0.320. The average molecular weight is 233 g/mol. The Morgan fingerprint density at radius 2 is 2.12 bits per heavy atom. The summed E-state index contributed by atoms with van der Waals surface area (Å²) in [5.74, 6) is 1.84. The Morgan fingerprint density at radius 3 is 2.71 bits per heavy atom. The van der Waals surface area contributed by atoms with Gasteiger partial charge in [0.1, 0.15) is 5.82 Å². The summed E-state index contributed by atoms with van der Waals surface area (Å²) in [7, 11) is 2.16. The summed E-state index contributed by atoms with van der Waals surface area (Å²) in [6.07, 6.45) is 7.25. The molecule has 94 valence electrons. The Hall–Kier alpha value is -1.09. The fraction of sp³-hybridized carbons (Fsp3) is 0.643. The van der Waals surface area contributed by atoms with Gasteiger partial charge in [-0.3, -0.25) is 0 Å². The minimum absolute atomic E-state index is 0.566. The van der Waals surface area contributed by atoms with Crippen molar-refractivity contribution >= 4 is 5.82 Å². The van der Waals surface area contributed by atoms with Gasteiger partial charge < -0.3 is 10.6 Å². The standard InChI is InChI=1S/C14H23N3/c1-11-5-3-4-6-13(11)17(2)14-8-7-12(9-15)10-16-14/h7-8,10-11,13H,3-6,9,15H2,1-2H3. The molecule has 0 amide bonds. The van der Waals surface area contributed by atoms with Gasteiger partial charge in [0.2, 0.25) is 0 Å². The van der Waals surface area contributed by atoms with E-state index < -0.39 is 0 Å². The molecule has 17 heavy (non-hydrogen) atoms. The zero-order valence-electron chi connectivity index (χ0n) is 10.9. The molecule has 1 saturated carbocycles. The molecule has 1 aliphatic rings. The molecule has 0 saturated heterocycles. The van der Waals surface area contributed by atoms with E-state index in [2.05, 4.69) is 36.0 Å². The normalized spacial score (nSPS) is 24.6. The third-order valence-electron chi connectivity index (χ3n) is 3.97. The number of pyridine rings is 1. The summed E-state index contributed by atoms with van der Waals surface area (Å²) < 4.78 is 0. The first-order chi connectivity index (χ1) is 8.22. The maximum Gasteiger partial charge on any atom is 0.128 e. The highest BCUT2D eigenvalue weighted by molar-refractivity contribution is 5.39. The van der Waals surface area contributed by atoms with Crippen LogP contribution < -0.4 is 10.6 Å². The van der Waals surface area contributed by atoms with Crippen molar-refractivity contribution in [2.45, 2.75) is 45.2 Å². The number of nitrogens with zero attached hydrogens (tertiary/aromatic N) is 2. The van der Waals surface area contributed by atoms with Gasteiger partial charge in [0.25, 0.3) is 0 Å². The lowest BCUT2D eigenvalue weighted by atomic mass is 9.85. The highest BCUT2D eigenvalue weighted by atomic mass is 15.2. The molecule has 1 heterocycles. The van der Waals surface area contributed by atoms with Crippen molar-refractivity contribution in [3.05, 3.63) is 23.9 Å². The number of aromatic nitrogens is 1. The number of anilines is 1. The SMILES string of the molecule is CC1CCCCC1N(C)c1ccc(CN)cn1. The maximum absolute atomic E-state index is 5.59. The number of nitrogens with two attached hydrogens (primary N) is 1. The lowest BCUT2D eigenvalue weighted by Crippen LogP contribution is -2.39. The molecule has 0 radical (unpaired) electrons. The molecule has 0 aromatic carbocycles. The Kier molecular flexibility index (Phi) is 4.00. The van der Waals surface area contributed by atoms with Crippen molar-refractivity contribution in [2.24, 2.45) is 11.7 Å². The quantitative estimate of drug-likeness (QED) is 0.872. The van der Waals surface area contributed by atoms with Gasteiger partial charge in [-0.15, -0.1) is 0 Å². The van der Waals surface area contributed by atoms with E-state index in [1.54, 1.807) is 0 Å². The molecule has 1 aliphatic carbocycles. The third kappa shape index (κ3) is 2.78. The molecule has 2 unspecified atom stereocenters. The maximum atomic E-state index is 5.59. The molecular formula is C14H23N3. The first kappa shape index (κ1) is 12.4. The Balaban J connectivity index is 2.09. The Labute approximate surface area is 104 Å². The third-order valence-corrected chi connectivity index (χ3v) is 3.97. The summed E-state index contributed by atoms with van der Waals surface area (Å²) in [4.78, 5) is 6.84. The summed E-state index contributed by atoms with van der Waals surface area (Å²) in [6.45, 7) is 2.92. The predicted molar refractivity (Wildman–Crippen MR) is 72.0 cm³/mol. The van der Waals surface area contributed by atoms with Crippen LogP contribution in [0, 0.1) is 5.92 Å². The van der Waals surface area contributed by atoms with Crippen molar-refractivity contribution in [1.29, 1.82) is 0 Å². The summed E-state index contributed by atoms with van der Waals surface area (Å²) in [5, 5.41) is 0. The van der Waals surface area contributed by atoms with E-state index in [0.717, 1.165) is 17.3 Å². The zero-order chi connectivity index (χ0) is 12.3. The van der Waals surface area contributed by atoms with Crippen LogP contribution in [0.5, 0.6) is 0 Å². The van der Waals surface area contributed by atoms with Crippen molar-refractivity contribution < 1.29 is 0 Å². The Bertz CT molecular complexity index is 347. The minimum Gasteiger partial charge on any atom is -0.356 e. The second-order valence-electron chi connectivity index (χ2n) is 5.17. The zero-order valence-corrected chi connectivity index (χ0v) is 10.9. The van der Waals surface area contributed by atoms with Crippen molar-refractivity contribution in [3.8, 4) is 0 Å². The van der Waals surface area contributed by atoms with Gasteiger partial charge in [-0.05, 0) is 30.4 Å². The second-order valence-corrected chi connectivity index (χ2v) is 5.17. The highest BCUT2D eigenvalue weighted by Gasteiger charge is 2.25. The van der Waals surface area contributed by atoms with Gasteiger partial charge in [-0.2, -0.15) is 0 Å². The predicted octanol–water partition coefficient (Wildman–Crippen LogP) is 2.56. The molecule has 1 aromatic rings. The minimum atomic E-state index is 0.566. The fourth-order valence-electron chi connectivity index (χ4n) is 2.79. The van der Waals surface area contributed by atoms with Crippen molar-refractivity contribution in [2.75, 3.05) is 11.9 Å². The van der Waals surface area contributed by atoms with Crippen LogP contribution in [0.15, 0.2) is 18.3 Å². The lowest BCUT2D eigenvalue weighted by Gasteiger charge is -2.37. The largest absolute Gasteiger partial charge is 0.356 e. The molecule has 0 spiro atoms. The molecule has 2 atom stereocenters. The summed E-state index contributed by atoms with van der Waals surface area (Å²) >= 11 is 0. The van der Waals surface area contributed by atoms with Gasteiger partial charge in [0.05, 0.1) is 0 Å². The summed E-state index contributed by atoms with van der Waals surface area (Å²) in [6, 6.07) is 4.80. The topological polar surface area (TPSA) is 42.1 Å². The van der Waals surface area contributed by atoms with Crippen molar-refractivity contribution in [1.82, 2.24) is 4.98 Å². The van der Waals surface area contributed by atoms with Crippen LogP contribution >= 0.6 is 0 Å². The van der Waals surface area contributed by atoms with E-state index in [-0.39, 0.29) is 0 Å². The number of rotatable bonds is 3. The molecule has 1 aromatic heterocycles. The number of hydrogen-bond acceptors (Lipinski definition) is 3. The van der Waals surface area contributed by atoms with Crippen LogP contribution in [0.1, 0.15) is 38.2 Å². The first-order valence-electron chi connectivity index (χ1n) is 6.60. The monoisotopic (exact) mass is 233 g/mol. The van der Waals surface area contributed by atoms with Crippen LogP contribution in [-0.2, 0) is 6.54 Å². The van der Waals surface area contributed by atoms with E-state index in [1.807, 2.05) is 6.20 Å². The fourth-order valence-corrected chi connectivity index (χ4v) is 2.79. The molecule has 0 bridgehead atoms. The molecule has 0 aliphatic heterocycles. The molecular weight excluding hydrogens is 210 g/mol. The molecule has 3 heteroatoms. The number of hydrogen-bond donors (Lipinski definition) is 1. The van der Waals surface area contributed by atoms with Gasteiger partial charge >= 0.3 is 0 Å². The molecule has 2 N–H and O–H groups in total. The van der Waals surface area contributed by atoms with E-state index in [1.165, 1.54) is 25.7 Å². The average Bonchev–Trinajstić information content (AvgIpc) is 2.39. The van der Waals surface area contributed by atoms with Gasteiger partial charge in [-0.25, -0.2) is 4.98 Å². The van der Waals surface area contributed by atoms with Crippen LogP contribution in [0.3, 0.4) is 0 Å². The van der Waals surface area contributed by atoms with Crippen LogP contribution in [-0.4, -0.2) is 18.1 Å². The van der Waals surface area contributed by atoms with Gasteiger partial charge in [0, 0.05) is 25.8 Å². The van der Waals surface area contributed by atoms with E-state index in [9.17, 15) is 0 Å². The Morgan fingerprint density at radius 1 is 1.35 bits per heavy atom. The van der Waals surface area contributed by atoms with Crippen molar-refractivity contribution in [3.63, 3.8) is 0 Å². The first-order valence-corrected chi connectivity index (χ1v) is 6.60. The van der Waals surface area contributed by atoms with Crippen LogP contribution in [0.2, 0.25) is 0 Å². The van der Waals surface area contributed by atoms with Gasteiger partial charge in [0.15, 0.2) is 0 Å². The molecule has 1 fully saturated rings. The molecule has 3 nitrogen and oxygen atoms in total. The smallest absolute Gasteiger partial charge is 0.128 e. The summed E-state index contributed by atoms with van der Waals surface area (Å²) in [5.41, 5.74) is 6.68. The van der Waals surface area contributed by atoms with Crippen LogP contribution in [0.25, 0.3) is 0 Å². The molecule has 2 rings (SSSR count). The second kappa shape index (κ2) is 5.50. The van der Waals surface area contributed by atoms with Crippen LogP contribution in [0.4, 0.5) is 5.82 Å². The van der Waals surface area contributed by atoms with E-state index >= 15 is 0 Å². The van der Waals surface area contributed by atoms with Gasteiger partial charge in [-0.1, -0.05) is 25.8 Å².